The number of nitrogens with zero attached hydrogens (tertiary/aromatic N) is 4. The highest BCUT2D eigenvalue weighted by molar-refractivity contribution is 5.12. The zero-order chi connectivity index (χ0) is 15.0. The van der Waals surface area contributed by atoms with Crippen LogP contribution in [0.3, 0.4) is 0 Å². The van der Waals surface area contributed by atoms with Gasteiger partial charge in [0.25, 0.3) is 0 Å². The number of piperidine rings is 1. The van der Waals surface area contributed by atoms with E-state index >= 15 is 0 Å². The van der Waals surface area contributed by atoms with Crippen LogP contribution in [-0.4, -0.2) is 51.8 Å². The Balaban J connectivity index is 1.82. The Labute approximate surface area is 129 Å². The minimum atomic E-state index is 0.239. The zero-order valence-corrected chi connectivity index (χ0v) is 14.0. The lowest BCUT2D eigenvalue weighted by Gasteiger charge is -2.38. The molecule has 1 aromatic heterocycles. The van der Waals surface area contributed by atoms with Crippen LogP contribution in [-0.2, 0) is 0 Å². The van der Waals surface area contributed by atoms with Crippen molar-refractivity contribution in [3.63, 3.8) is 0 Å². The molecule has 0 N–H and O–H groups in total. The molecular weight excluding hydrogens is 260 g/mol. The first-order chi connectivity index (χ1) is 9.97. The van der Waals surface area contributed by atoms with Crippen LogP contribution in [0.1, 0.15) is 64.2 Å². The second kappa shape index (κ2) is 5.73. The molecule has 118 valence electrons. The van der Waals surface area contributed by atoms with E-state index < -0.39 is 0 Å². The van der Waals surface area contributed by atoms with Crippen molar-refractivity contribution in [1.82, 2.24) is 19.6 Å². The van der Waals surface area contributed by atoms with Crippen molar-refractivity contribution in [2.24, 2.45) is 0 Å². The van der Waals surface area contributed by atoms with Gasteiger partial charge in [0.15, 0.2) is 0 Å². The molecule has 4 heteroatoms. The van der Waals surface area contributed by atoms with Crippen LogP contribution < -0.4 is 0 Å². The van der Waals surface area contributed by atoms with Gasteiger partial charge in [-0.3, -0.25) is 9.58 Å². The average Bonchev–Trinajstić information content (AvgIpc) is 3.07. The monoisotopic (exact) mass is 290 g/mol. The van der Waals surface area contributed by atoms with Gasteiger partial charge in [0.2, 0.25) is 0 Å². The lowest BCUT2D eigenvalue weighted by molar-refractivity contribution is 0.112. The Morgan fingerprint density at radius 1 is 1.10 bits per heavy atom. The molecular formula is C17H30N4. The standard InChI is InChI=1S/C17H30N4/c1-17(2,3)20-11-5-6-15(20)16-7-10-18-21(16)14-8-12-19(4)13-9-14/h7,10,14-15H,5-6,8-9,11-13H2,1-4H3. The molecule has 0 bridgehead atoms. The predicted octanol–water partition coefficient (Wildman–Crippen LogP) is 3.09. The third-order valence-corrected chi connectivity index (χ3v) is 5.19. The summed E-state index contributed by atoms with van der Waals surface area (Å²) in [7, 11) is 2.22. The number of aromatic nitrogens is 2. The molecule has 0 spiro atoms. The Morgan fingerprint density at radius 2 is 1.81 bits per heavy atom. The number of hydrogen-bond acceptors (Lipinski definition) is 3. The van der Waals surface area contributed by atoms with Gasteiger partial charge in [-0.15, -0.1) is 0 Å². The van der Waals surface area contributed by atoms with Gasteiger partial charge in [-0.25, -0.2) is 0 Å². The topological polar surface area (TPSA) is 24.3 Å². The molecule has 2 saturated heterocycles. The van der Waals surface area contributed by atoms with Crippen LogP contribution in [0.4, 0.5) is 0 Å². The van der Waals surface area contributed by atoms with E-state index in [0.29, 0.717) is 12.1 Å². The lowest BCUT2D eigenvalue weighted by Crippen LogP contribution is -2.41. The molecule has 0 saturated carbocycles. The summed E-state index contributed by atoms with van der Waals surface area (Å²) in [6, 6.07) is 3.40. The summed E-state index contributed by atoms with van der Waals surface area (Å²) in [6.07, 6.45) is 7.05. The van der Waals surface area contributed by atoms with E-state index in [9.17, 15) is 0 Å². The highest BCUT2D eigenvalue weighted by Gasteiger charge is 2.36. The third kappa shape index (κ3) is 3.02. The highest BCUT2D eigenvalue weighted by atomic mass is 15.3. The molecule has 3 rings (SSSR count). The number of hydrogen-bond donors (Lipinski definition) is 0. The summed E-state index contributed by atoms with van der Waals surface area (Å²) in [5, 5.41) is 4.70. The molecule has 0 radical (unpaired) electrons. The van der Waals surface area contributed by atoms with Gasteiger partial charge in [0.1, 0.15) is 0 Å². The Morgan fingerprint density at radius 3 is 2.48 bits per heavy atom. The Bertz CT molecular complexity index is 465. The van der Waals surface area contributed by atoms with Gasteiger partial charge >= 0.3 is 0 Å². The maximum absolute atomic E-state index is 4.70. The maximum Gasteiger partial charge on any atom is 0.0559 e. The molecule has 2 fully saturated rings. The van der Waals surface area contributed by atoms with Crippen molar-refractivity contribution in [2.75, 3.05) is 26.7 Å². The van der Waals surface area contributed by atoms with Crippen molar-refractivity contribution >= 4 is 0 Å². The van der Waals surface area contributed by atoms with Crippen molar-refractivity contribution in [3.05, 3.63) is 18.0 Å². The molecule has 2 aliphatic heterocycles. The van der Waals surface area contributed by atoms with Crippen LogP contribution in [0.25, 0.3) is 0 Å². The largest absolute Gasteiger partial charge is 0.306 e. The molecule has 0 aromatic carbocycles. The molecule has 0 amide bonds. The molecule has 1 unspecified atom stereocenters. The SMILES string of the molecule is CN1CCC(n2nccc2C2CCCN2C(C)(C)C)CC1. The second-order valence-electron chi connectivity index (χ2n) is 7.76. The van der Waals surface area contributed by atoms with E-state index in [-0.39, 0.29) is 5.54 Å². The van der Waals surface area contributed by atoms with Crippen LogP contribution >= 0.6 is 0 Å². The Kier molecular flexibility index (Phi) is 4.10. The van der Waals surface area contributed by atoms with Crippen molar-refractivity contribution in [2.45, 2.75) is 64.1 Å². The first-order valence-corrected chi connectivity index (χ1v) is 8.45. The van der Waals surface area contributed by atoms with E-state index in [1.165, 1.54) is 51.0 Å². The molecule has 2 aliphatic rings. The fourth-order valence-electron chi connectivity index (χ4n) is 4.01. The number of likely N-dealkylation sites (tertiary alicyclic amines) is 2. The highest BCUT2D eigenvalue weighted by Crippen LogP contribution is 2.38. The fraction of sp³-hybridized carbons (Fsp3) is 0.824. The molecule has 3 heterocycles. The minimum absolute atomic E-state index is 0.239. The number of rotatable bonds is 2. The summed E-state index contributed by atoms with van der Waals surface area (Å²) < 4.78 is 2.35. The molecule has 1 aromatic rings. The van der Waals surface area contributed by atoms with Gasteiger partial charge < -0.3 is 4.90 Å². The second-order valence-corrected chi connectivity index (χ2v) is 7.76. The van der Waals surface area contributed by atoms with Gasteiger partial charge in [0.05, 0.1) is 17.8 Å². The quantitative estimate of drug-likeness (QED) is 0.836. The normalized spacial score (nSPS) is 26.6. The molecule has 21 heavy (non-hydrogen) atoms. The van der Waals surface area contributed by atoms with E-state index in [1.807, 2.05) is 6.20 Å². The summed E-state index contributed by atoms with van der Waals surface area (Å²) >= 11 is 0. The summed E-state index contributed by atoms with van der Waals surface area (Å²) in [5.74, 6) is 0. The molecule has 1 atom stereocenters. The van der Waals surface area contributed by atoms with Gasteiger partial charge in [-0.2, -0.15) is 5.10 Å². The zero-order valence-electron chi connectivity index (χ0n) is 14.0. The van der Waals surface area contributed by atoms with Gasteiger partial charge in [-0.1, -0.05) is 0 Å². The lowest BCUT2D eigenvalue weighted by atomic mass is 10.0. The maximum atomic E-state index is 4.70. The summed E-state index contributed by atoms with van der Waals surface area (Å²) in [6.45, 7) is 10.6. The van der Waals surface area contributed by atoms with Crippen molar-refractivity contribution in [3.8, 4) is 0 Å². The van der Waals surface area contributed by atoms with Crippen molar-refractivity contribution < 1.29 is 0 Å². The van der Waals surface area contributed by atoms with E-state index in [1.54, 1.807) is 0 Å². The van der Waals surface area contributed by atoms with Crippen LogP contribution in [0.15, 0.2) is 12.3 Å². The Hall–Kier alpha value is -0.870. The molecule has 4 nitrogen and oxygen atoms in total. The molecule has 0 aliphatic carbocycles. The van der Waals surface area contributed by atoms with Crippen LogP contribution in [0.2, 0.25) is 0 Å². The average molecular weight is 290 g/mol. The van der Waals surface area contributed by atoms with E-state index in [2.05, 4.69) is 48.4 Å². The van der Waals surface area contributed by atoms with E-state index in [4.69, 9.17) is 5.10 Å². The minimum Gasteiger partial charge on any atom is -0.306 e. The summed E-state index contributed by atoms with van der Waals surface area (Å²) in [4.78, 5) is 5.09. The summed E-state index contributed by atoms with van der Waals surface area (Å²) in [5.41, 5.74) is 1.68. The van der Waals surface area contributed by atoms with E-state index in [0.717, 1.165) is 0 Å². The van der Waals surface area contributed by atoms with Gasteiger partial charge in [-0.05, 0) is 79.2 Å². The van der Waals surface area contributed by atoms with Gasteiger partial charge in [0, 0.05) is 11.7 Å². The fourth-order valence-corrected chi connectivity index (χ4v) is 4.01. The predicted molar refractivity (Wildman–Crippen MR) is 86.4 cm³/mol. The van der Waals surface area contributed by atoms with Crippen LogP contribution in [0.5, 0.6) is 0 Å². The third-order valence-electron chi connectivity index (χ3n) is 5.19. The smallest absolute Gasteiger partial charge is 0.0559 e. The first-order valence-electron chi connectivity index (χ1n) is 8.45. The first kappa shape index (κ1) is 15.0. The van der Waals surface area contributed by atoms with Crippen LogP contribution in [0, 0.1) is 0 Å². The van der Waals surface area contributed by atoms with Crippen molar-refractivity contribution in [1.29, 1.82) is 0 Å².